The van der Waals surface area contributed by atoms with Gasteiger partial charge in [-0.1, -0.05) is 11.6 Å². The Morgan fingerprint density at radius 1 is 1.50 bits per heavy atom. The lowest BCUT2D eigenvalue weighted by atomic mass is 10.1. The molecule has 1 atom stereocenters. The van der Waals surface area contributed by atoms with Gasteiger partial charge in [-0.25, -0.2) is 9.18 Å². The molecule has 1 aliphatic rings. The first kappa shape index (κ1) is 14.6. The van der Waals surface area contributed by atoms with E-state index in [1.165, 1.54) is 30.2 Å². The van der Waals surface area contributed by atoms with Crippen molar-refractivity contribution in [3.63, 3.8) is 0 Å². The van der Waals surface area contributed by atoms with E-state index in [4.69, 9.17) is 21.4 Å². The first-order chi connectivity index (χ1) is 9.37. The zero-order chi connectivity index (χ0) is 14.9. The summed E-state index contributed by atoms with van der Waals surface area (Å²) in [4.78, 5) is 24.3. The Bertz CT molecular complexity index is 565. The molecule has 1 aromatic rings. The Hall–Kier alpha value is -1.82. The van der Waals surface area contributed by atoms with Crippen LogP contribution in [0.1, 0.15) is 16.8 Å². The van der Waals surface area contributed by atoms with Crippen molar-refractivity contribution in [1.82, 2.24) is 4.90 Å². The minimum absolute atomic E-state index is 0.0490. The molecule has 2 rings (SSSR count). The quantitative estimate of drug-likeness (QED) is 0.927. The van der Waals surface area contributed by atoms with Gasteiger partial charge in [0.05, 0.1) is 19.2 Å². The molecular formula is C13H13ClFNO4. The van der Waals surface area contributed by atoms with Gasteiger partial charge in [0, 0.05) is 18.0 Å². The van der Waals surface area contributed by atoms with Crippen molar-refractivity contribution in [1.29, 1.82) is 0 Å². The maximum absolute atomic E-state index is 14.0. The molecule has 1 heterocycles. The number of rotatable bonds is 3. The number of aliphatic carboxylic acids is 1. The molecule has 0 bridgehead atoms. The number of carbonyl (C=O) groups excluding carboxylic acids is 1. The van der Waals surface area contributed by atoms with E-state index in [9.17, 15) is 14.0 Å². The third kappa shape index (κ3) is 2.56. The molecule has 1 aromatic carbocycles. The van der Waals surface area contributed by atoms with Gasteiger partial charge in [0.15, 0.2) is 0 Å². The number of amides is 1. The maximum atomic E-state index is 14.0. The average molecular weight is 302 g/mol. The van der Waals surface area contributed by atoms with E-state index in [2.05, 4.69) is 0 Å². The number of nitrogens with zero attached hydrogens (tertiary/aromatic N) is 1. The summed E-state index contributed by atoms with van der Waals surface area (Å²) in [5.41, 5.74) is -2.15. The van der Waals surface area contributed by atoms with Crippen LogP contribution < -0.4 is 4.74 Å². The van der Waals surface area contributed by atoms with Crippen molar-refractivity contribution < 1.29 is 23.8 Å². The van der Waals surface area contributed by atoms with E-state index in [1.54, 1.807) is 0 Å². The molecule has 1 N–H and O–H groups in total. The van der Waals surface area contributed by atoms with Crippen LogP contribution >= 0.6 is 11.6 Å². The smallest absolute Gasteiger partial charge is 0.343 e. The van der Waals surface area contributed by atoms with E-state index < -0.39 is 24.1 Å². The Morgan fingerprint density at radius 2 is 2.20 bits per heavy atom. The molecule has 1 saturated heterocycles. The normalized spacial score (nSPS) is 21.9. The average Bonchev–Trinajstić information content (AvgIpc) is 2.82. The van der Waals surface area contributed by atoms with Crippen molar-refractivity contribution >= 4 is 23.5 Å². The summed E-state index contributed by atoms with van der Waals surface area (Å²) in [5.74, 6) is -1.75. The SMILES string of the molecule is COc1cc(Cl)ccc1C(=O)N1CCC(F)(C(=O)O)C1. The topological polar surface area (TPSA) is 66.8 Å². The Morgan fingerprint density at radius 3 is 2.75 bits per heavy atom. The molecule has 0 radical (unpaired) electrons. The number of ether oxygens (including phenoxy) is 1. The van der Waals surface area contributed by atoms with E-state index in [-0.39, 0.29) is 24.3 Å². The first-order valence-electron chi connectivity index (χ1n) is 5.92. The standard InChI is InChI=1S/C13H13ClFNO4/c1-20-10-6-8(14)2-3-9(10)11(17)16-5-4-13(15,7-16)12(18)19/h2-3,6H,4-5,7H2,1H3,(H,18,19). The summed E-state index contributed by atoms with van der Waals surface area (Å²) < 4.78 is 19.0. The summed E-state index contributed by atoms with van der Waals surface area (Å²) in [6, 6.07) is 4.47. The monoisotopic (exact) mass is 301 g/mol. The minimum Gasteiger partial charge on any atom is -0.496 e. The van der Waals surface area contributed by atoms with Gasteiger partial charge in [-0.15, -0.1) is 0 Å². The lowest BCUT2D eigenvalue weighted by Gasteiger charge is -2.19. The van der Waals surface area contributed by atoms with Crippen LogP contribution in [0.25, 0.3) is 0 Å². The molecule has 1 unspecified atom stereocenters. The largest absolute Gasteiger partial charge is 0.496 e. The highest BCUT2D eigenvalue weighted by Crippen LogP contribution is 2.30. The van der Waals surface area contributed by atoms with Crippen LogP contribution in [0, 0.1) is 0 Å². The number of carboxylic acids is 1. The first-order valence-corrected chi connectivity index (χ1v) is 6.30. The number of carboxylic acid groups (broad SMARTS) is 1. The van der Waals surface area contributed by atoms with Gasteiger partial charge in [-0.3, -0.25) is 4.79 Å². The number of benzene rings is 1. The minimum atomic E-state index is -2.38. The zero-order valence-corrected chi connectivity index (χ0v) is 11.5. The molecule has 0 aliphatic carbocycles. The Kier molecular flexibility index (Phi) is 3.85. The molecule has 108 valence electrons. The highest BCUT2D eigenvalue weighted by molar-refractivity contribution is 6.30. The third-order valence-corrected chi connectivity index (χ3v) is 3.52. The van der Waals surface area contributed by atoms with Crippen molar-refractivity contribution in [2.45, 2.75) is 12.1 Å². The lowest BCUT2D eigenvalue weighted by molar-refractivity contribution is -0.149. The number of methoxy groups -OCH3 is 1. The van der Waals surface area contributed by atoms with Crippen LogP contribution in [0.5, 0.6) is 5.75 Å². The third-order valence-electron chi connectivity index (χ3n) is 3.28. The zero-order valence-electron chi connectivity index (χ0n) is 10.7. The number of hydrogen-bond acceptors (Lipinski definition) is 3. The molecule has 0 saturated carbocycles. The maximum Gasteiger partial charge on any atom is 0.343 e. The summed E-state index contributed by atoms with van der Waals surface area (Å²) >= 11 is 5.80. The molecule has 20 heavy (non-hydrogen) atoms. The number of hydrogen-bond donors (Lipinski definition) is 1. The predicted octanol–water partition coefficient (Wildman–Crippen LogP) is 1.99. The number of halogens is 2. The summed E-state index contributed by atoms with van der Waals surface area (Å²) in [7, 11) is 1.39. The van der Waals surface area contributed by atoms with Gasteiger partial charge in [0.25, 0.3) is 5.91 Å². The molecule has 1 amide bonds. The summed E-state index contributed by atoms with van der Waals surface area (Å²) in [5, 5.41) is 9.23. The van der Waals surface area contributed by atoms with Crippen LogP contribution in [0.15, 0.2) is 18.2 Å². The number of alkyl halides is 1. The lowest BCUT2D eigenvalue weighted by Crippen LogP contribution is -2.39. The predicted molar refractivity (Wildman–Crippen MR) is 70.0 cm³/mol. The van der Waals surface area contributed by atoms with Gasteiger partial charge in [-0.05, 0) is 18.2 Å². The van der Waals surface area contributed by atoms with Crippen LogP contribution in [0.2, 0.25) is 5.02 Å². The van der Waals surface area contributed by atoms with Gasteiger partial charge in [-0.2, -0.15) is 0 Å². The fourth-order valence-corrected chi connectivity index (χ4v) is 2.29. The molecular weight excluding hydrogens is 289 g/mol. The number of likely N-dealkylation sites (tertiary alicyclic amines) is 1. The summed E-state index contributed by atoms with van der Waals surface area (Å²) in [6.07, 6.45) is -0.218. The van der Waals surface area contributed by atoms with E-state index in [0.29, 0.717) is 5.02 Å². The second-order valence-corrected chi connectivity index (χ2v) is 5.03. The highest BCUT2D eigenvalue weighted by Gasteiger charge is 2.47. The van der Waals surface area contributed by atoms with Gasteiger partial charge < -0.3 is 14.7 Å². The summed E-state index contributed by atoms with van der Waals surface area (Å²) in [6.45, 7) is -0.416. The van der Waals surface area contributed by atoms with Crippen LogP contribution in [-0.4, -0.2) is 47.8 Å². The molecule has 1 aliphatic heterocycles. The number of carbonyl (C=O) groups is 2. The van der Waals surface area contributed by atoms with E-state index in [1.807, 2.05) is 0 Å². The van der Waals surface area contributed by atoms with E-state index in [0.717, 1.165) is 0 Å². The Labute approximate surface area is 119 Å². The van der Waals surface area contributed by atoms with Gasteiger partial charge in [0.1, 0.15) is 5.75 Å². The second kappa shape index (κ2) is 5.28. The molecule has 5 nitrogen and oxygen atoms in total. The second-order valence-electron chi connectivity index (χ2n) is 4.59. The highest BCUT2D eigenvalue weighted by atomic mass is 35.5. The van der Waals surface area contributed by atoms with Crippen LogP contribution in [0.3, 0.4) is 0 Å². The van der Waals surface area contributed by atoms with Crippen LogP contribution in [0.4, 0.5) is 4.39 Å². The van der Waals surface area contributed by atoms with Crippen molar-refractivity contribution in [3.05, 3.63) is 28.8 Å². The molecule has 0 aromatic heterocycles. The molecule has 0 spiro atoms. The molecule has 7 heteroatoms. The van der Waals surface area contributed by atoms with Crippen molar-refractivity contribution in [3.8, 4) is 5.75 Å². The Balaban J connectivity index is 2.23. The van der Waals surface area contributed by atoms with Gasteiger partial charge >= 0.3 is 5.97 Å². The molecule has 1 fully saturated rings. The fourth-order valence-electron chi connectivity index (χ4n) is 2.13. The van der Waals surface area contributed by atoms with E-state index >= 15 is 0 Å². The van der Waals surface area contributed by atoms with Crippen LogP contribution in [-0.2, 0) is 4.79 Å². The van der Waals surface area contributed by atoms with Crippen molar-refractivity contribution in [2.75, 3.05) is 20.2 Å². The van der Waals surface area contributed by atoms with Crippen molar-refractivity contribution in [2.24, 2.45) is 0 Å². The van der Waals surface area contributed by atoms with Gasteiger partial charge in [0.2, 0.25) is 5.67 Å². The fraction of sp³-hybridized carbons (Fsp3) is 0.385.